The molecular weight excluding hydrogens is 302 g/mol. The smallest absolute Gasteiger partial charge is 0.251 e. The SMILES string of the molecule is Cc1cc(O)cc(C(=O)NCc2cn3cc(Cl)ccc3n2)c1. The fourth-order valence-electron chi connectivity index (χ4n) is 2.27. The molecule has 0 unspecified atom stereocenters. The van der Waals surface area contributed by atoms with Gasteiger partial charge in [-0.25, -0.2) is 4.98 Å². The molecule has 2 aromatic heterocycles. The topological polar surface area (TPSA) is 66.6 Å². The van der Waals surface area contributed by atoms with Crippen LogP contribution in [0.5, 0.6) is 5.75 Å². The van der Waals surface area contributed by atoms with Crippen molar-refractivity contribution in [2.75, 3.05) is 0 Å². The van der Waals surface area contributed by atoms with Crippen LogP contribution in [0.2, 0.25) is 5.02 Å². The summed E-state index contributed by atoms with van der Waals surface area (Å²) in [5.74, 6) is -0.179. The Morgan fingerprint density at radius 2 is 2.14 bits per heavy atom. The summed E-state index contributed by atoms with van der Waals surface area (Å²) in [6, 6.07) is 8.33. The number of fused-ring (bicyclic) bond motifs is 1. The number of nitrogens with zero attached hydrogens (tertiary/aromatic N) is 2. The van der Waals surface area contributed by atoms with Crippen LogP contribution in [-0.2, 0) is 6.54 Å². The highest BCUT2D eigenvalue weighted by Gasteiger charge is 2.09. The van der Waals surface area contributed by atoms with Gasteiger partial charge in [-0.15, -0.1) is 0 Å². The molecule has 2 heterocycles. The Labute approximate surface area is 132 Å². The number of hydrogen-bond donors (Lipinski definition) is 2. The molecule has 2 N–H and O–H groups in total. The number of rotatable bonds is 3. The summed E-state index contributed by atoms with van der Waals surface area (Å²) in [4.78, 5) is 16.5. The largest absolute Gasteiger partial charge is 0.508 e. The Kier molecular flexibility index (Phi) is 3.73. The number of benzene rings is 1. The van der Waals surface area contributed by atoms with Crippen molar-refractivity contribution in [3.8, 4) is 5.75 Å². The van der Waals surface area contributed by atoms with E-state index in [1.807, 2.05) is 23.6 Å². The molecule has 0 radical (unpaired) electrons. The van der Waals surface area contributed by atoms with Crippen LogP contribution in [0.25, 0.3) is 5.65 Å². The third-order valence-electron chi connectivity index (χ3n) is 3.22. The van der Waals surface area contributed by atoms with E-state index < -0.39 is 0 Å². The first-order valence-corrected chi connectivity index (χ1v) is 7.11. The maximum atomic E-state index is 12.1. The molecule has 0 aliphatic rings. The number of nitrogens with one attached hydrogen (secondary N) is 1. The molecule has 5 nitrogen and oxygen atoms in total. The first kappa shape index (κ1) is 14.4. The summed E-state index contributed by atoms with van der Waals surface area (Å²) in [5, 5.41) is 12.9. The molecule has 3 aromatic rings. The van der Waals surface area contributed by atoms with Crippen molar-refractivity contribution in [1.82, 2.24) is 14.7 Å². The molecule has 0 aliphatic carbocycles. The number of aromatic nitrogens is 2. The average molecular weight is 316 g/mol. The lowest BCUT2D eigenvalue weighted by Gasteiger charge is -2.05. The van der Waals surface area contributed by atoms with Crippen molar-refractivity contribution in [2.45, 2.75) is 13.5 Å². The van der Waals surface area contributed by atoms with Crippen molar-refractivity contribution in [1.29, 1.82) is 0 Å². The van der Waals surface area contributed by atoms with E-state index in [0.717, 1.165) is 16.9 Å². The number of aromatic hydroxyl groups is 1. The Bertz CT molecular complexity index is 837. The predicted octanol–water partition coefficient (Wildman–Crippen LogP) is 2.93. The minimum Gasteiger partial charge on any atom is -0.508 e. The van der Waals surface area contributed by atoms with Crippen molar-refractivity contribution >= 4 is 23.2 Å². The van der Waals surface area contributed by atoms with E-state index in [1.54, 1.807) is 24.4 Å². The van der Waals surface area contributed by atoms with Gasteiger partial charge in [-0.05, 0) is 42.8 Å². The van der Waals surface area contributed by atoms with Gasteiger partial charge in [0.2, 0.25) is 0 Å². The number of aryl methyl sites for hydroxylation is 1. The molecule has 0 fully saturated rings. The molecular formula is C16H14ClN3O2. The minimum atomic E-state index is -0.255. The summed E-state index contributed by atoms with van der Waals surface area (Å²) >= 11 is 5.92. The number of phenols is 1. The van der Waals surface area contributed by atoms with Crippen molar-refractivity contribution in [2.24, 2.45) is 0 Å². The lowest BCUT2D eigenvalue weighted by molar-refractivity contribution is 0.0950. The first-order chi connectivity index (χ1) is 10.5. The number of pyridine rings is 1. The van der Waals surface area contributed by atoms with E-state index >= 15 is 0 Å². The van der Waals surface area contributed by atoms with Gasteiger partial charge in [0.1, 0.15) is 11.4 Å². The number of phenolic OH excluding ortho intramolecular Hbond substituents is 1. The molecule has 0 saturated carbocycles. The first-order valence-electron chi connectivity index (χ1n) is 6.73. The Hall–Kier alpha value is -2.53. The quantitative estimate of drug-likeness (QED) is 0.781. The molecule has 0 atom stereocenters. The lowest BCUT2D eigenvalue weighted by Crippen LogP contribution is -2.23. The second-order valence-corrected chi connectivity index (χ2v) is 5.52. The van der Waals surface area contributed by atoms with Crippen molar-refractivity contribution in [3.05, 3.63) is 64.6 Å². The number of carbonyl (C=O) groups is 1. The minimum absolute atomic E-state index is 0.0764. The number of amides is 1. The van der Waals surface area contributed by atoms with E-state index in [-0.39, 0.29) is 11.7 Å². The number of hydrogen-bond acceptors (Lipinski definition) is 3. The Morgan fingerprint density at radius 1 is 1.32 bits per heavy atom. The molecule has 0 spiro atoms. The lowest BCUT2D eigenvalue weighted by atomic mass is 10.1. The van der Waals surface area contributed by atoms with Gasteiger partial charge in [0, 0.05) is 18.0 Å². The molecule has 3 rings (SSSR count). The maximum absolute atomic E-state index is 12.1. The van der Waals surface area contributed by atoms with E-state index in [4.69, 9.17) is 11.6 Å². The monoisotopic (exact) mass is 315 g/mol. The van der Waals surface area contributed by atoms with Gasteiger partial charge >= 0.3 is 0 Å². The standard InChI is InChI=1S/C16H14ClN3O2/c1-10-4-11(6-14(21)5-10)16(22)18-7-13-9-20-8-12(17)2-3-15(20)19-13/h2-6,8-9,21H,7H2,1H3,(H,18,22). The highest BCUT2D eigenvalue weighted by atomic mass is 35.5. The summed E-state index contributed by atoms with van der Waals surface area (Å²) in [6.07, 6.45) is 3.57. The second-order valence-electron chi connectivity index (χ2n) is 5.08. The number of halogens is 1. The maximum Gasteiger partial charge on any atom is 0.251 e. The number of imidazole rings is 1. The molecule has 0 bridgehead atoms. The highest BCUT2D eigenvalue weighted by molar-refractivity contribution is 6.30. The van der Waals surface area contributed by atoms with Crippen LogP contribution in [0, 0.1) is 6.92 Å². The summed E-state index contributed by atoms with van der Waals surface area (Å²) in [5.41, 5.74) is 2.74. The van der Waals surface area contributed by atoms with Crippen LogP contribution in [0.4, 0.5) is 0 Å². The van der Waals surface area contributed by atoms with Crippen molar-refractivity contribution in [3.63, 3.8) is 0 Å². The summed E-state index contributed by atoms with van der Waals surface area (Å²) < 4.78 is 1.81. The highest BCUT2D eigenvalue weighted by Crippen LogP contribution is 2.15. The van der Waals surface area contributed by atoms with Crippen LogP contribution in [0.3, 0.4) is 0 Å². The molecule has 0 aliphatic heterocycles. The zero-order valence-electron chi connectivity index (χ0n) is 11.9. The van der Waals surface area contributed by atoms with Gasteiger partial charge in [-0.3, -0.25) is 4.79 Å². The third kappa shape index (κ3) is 3.04. The van der Waals surface area contributed by atoms with E-state index in [0.29, 0.717) is 17.1 Å². The van der Waals surface area contributed by atoms with Crippen LogP contribution in [0.15, 0.2) is 42.7 Å². The van der Waals surface area contributed by atoms with Crippen molar-refractivity contribution < 1.29 is 9.90 Å². The molecule has 112 valence electrons. The second kappa shape index (κ2) is 5.69. The summed E-state index contributed by atoms with van der Waals surface area (Å²) in [7, 11) is 0. The van der Waals surface area contributed by atoms with Gasteiger partial charge < -0.3 is 14.8 Å². The predicted molar refractivity (Wildman–Crippen MR) is 84.2 cm³/mol. The zero-order valence-corrected chi connectivity index (χ0v) is 12.6. The van der Waals surface area contributed by atoms with Gasteiger partial charge in [-0.1, -0.05) is 11.6 Å². The number of carbonyl (C=O) groups excluding carboxylic acids is 1. The van der Waals surface area contributed by atoms with Crippen LogP contribution >= 0.6 is 11.6 Å². The van der Waals surface area contributed by atoms with Gasteiger partial charge in [0.15, 0.2) is 0 Å². The van der Waals surface area contributed by atoms with Crippen LogP contribution in [0.1, 0.15) is 21.6 Å². The van der Waals surface area contributed by atoms with Crippen LogP contribution in [-0.4, -0.2) is 20.4 Å². The van der Waals surface area contributed by atoms with Gasteiger partial charge in [0.05, 0.1) is 17.3 Å². The molecule has 1 amide bonds. The Morgan fingerprint density at radius 3 is 2.91 bits per heavy atom. The zero-order chi connectivity index (χ0) is 15.7. The van der Waals surface area contributed by atoms with Gasteiger partial charge in [-0.2, -0.15) is 0 Å². The van der Waals surface area contributed by atoms with E-state index in [1.165, 1.54) is 6.07 Å². The average Bonchev–Trinajstić information content (AvgIpc) is 2.85. The Balaban J connectivity index is 1.74. The summed E-state index contributed by atoms with van der Waals surface area (Å²) in [6.45, 7) is 2.12. The molecule has 22 heavy (non-hydrogen) atoms. The van der Waals surface area contributed by atoms with Crippen LogP contribution < -0.4 is 5.32 Å². The molecule has 0 saturated heterocycles. The molecule has 1 aromatic carbocycles. The fraction of sp³-hybridized carbons (Fsp3) is 0.125. The fourth-order valence-corrected chi connectivity index (χ4v) is 2.44. The molecule has 6 heteroatoms. The van der Waals surface area contributed by atoms with Gasteiger partial charge in [0.25, 0.3) is 5.91 Å². The normalized spacial score (nSPS) is 10.8. The van der Waals surface area contributed by atoms with E-state index in [9.17, 15) is 9.90 Å². The van der Waals surface area contributed by atoms with E-state index in [2.05, 4.69) is 10.3 Å². The third-order valence-corrected chi connectivity index (χ3v) is 3.44.